The van der Waals surface area contributed by atoms with E-state index in [9.17, 15) is 14.4 Å². The van der Waals surface area contributed by atoms with E-state index in [2.05, 4.69) is 15.6 Å². The third kappa shape index (κ3) is 6.05. The van der Waals surface area contributed by atoms with Crippen molar-refractivity contribution in [3.05, 3.63) is 102 Å². The summed E-state index contributed by atoms with van der Waals surface area (Å²) >= 11 is 0. The van der Waals surface area contributed by atoms with Crippen LogP contribution in [0.4, 0.5) is 4.79 Å². The average molecular weight is 472 g/mol. The first-order valence-corrected chi connectivity index (χ1v) is 11.1. The summed E-state index contributed by atoms with van der Waals surface area (Å²) in [6, 6.07) is 22.2. The molecule has 0 radical (unpaired) electrons. The Morgan fingerprint density at radius 3 is 2.37 bits per heavy atom. The number of methoxy groups -OCH3 is 1. The average Bonchev–Trinajstić information content (AvgIpc) is 3.30. The van der Waals surface area contributed by atoms with Crippen molar-refractivity contribution in [1.82, 2.24) is 15.6 Å². The summed E-state index contributed by atoms with van der Waals surface area (Å²) in [6.07, 6.45) is 1.38. The van der Waals surface area contributed by atoms with Crippen LogP contribution in [0.1, 0.15) is 21.5 Å². The summed E-state index contributed by atoms with van der Waals surface area (Å²) in [5, 5.41) is 6.52. The minimum atomic E-state index is -0.875. The van der Waals surface area contributed by atoms with Crippen molar-refractivity contribution in [2.75, 3.05) is 7.11 Å². The van der Waals surface area contributed by atoms with Crippen molar-refractivity contribution >= 4 is 28.9 Å². The van der Waals surface area contributed by atoms with Gasteiger partial charge in [-0.05, 0) is 41.5 Å². The van der Waals surface area contributed by atoms with Gasteiger partial charge in [0.2, 0.25) is 5.91 Å². The maximum absolute atomic E-state index is 13.1. The maximum Gasteiger partial charge on any atom is 0.413 e. The first-order valence-electron chi connectivity index (χ1n) is 11.1. The van der Waals surface area contributed by atoms with Crippen molar-refractivity contribution < 1.29 is 23.9 Å². The fraction of sp³-hybridized carbons (Fsp3) is 0.148. The minimum Gasteiger partial charge on any atom is -0.465 e. The number of aromatic amines is 1. The molecule has 4 aromatic rings. The minimum absolute atomic E-state index is 0.222. The summed E-state index contributed by atoms with van der Waals surface area (Å²) in [5.74, 6) is -0.417. The normalized spacial score (nSPS) is 11.5. The lowest BCUT2D eigenvalue weighted by atomic mass is 10.0. The SMILES string of the molecule is COC(=O)c1ccc(CNC(=O)[C@@H](Cc2c[nH]c3ccccc23)NC(=O)Oc2ccccc2)cc1. The lowest BCUT2D eigenvalue weighted by Crippen LogP contribution is -2.48. The molecule has 0 spiro atoms. The number of ether oxygens (including phenoxy) is 2. The number of esters is 1. The highest BCUT2D eigenvalue weighted by atomic mass is 16.6. The Kier molecular flexibility index (Phi) is 7.42. The number of H-pyrrole nitrogens is 1. The van der Waals surface area contributed by atoms with Gasteiger partial charge in [0.05, 0.1) is 12.7 Å². The molecule has 178 valence electrons. The lowest BCUT2D eigenvalue weighted by molar-refractivity contribution is -0.123. The van der Waals surface area contributed by atoms with Crippen molar-refractivity contribution in [3.63, 3.8) is 0 Å². The Hall–Kier alpha value is -4.59. The predicted molar refractivity (Wildman–Crippen MR) is 131 cm³/mol. The van der Waals surface area contributed by atoms with E-state index in [1.807, 2.05) is 36.5 Å². The van der Waals surface area contributed by atoms with Gasteiger partial charge in [-0.3, -0.25) is 4.79 Å². The van der Waals surface area contributed by atoms with Crippen LogP contribution in [0.2, 0.25) is 0 Å². The van der Waals surface area contributed by atoms with E-state index in [1.54, 1.807) is 48.5 Å². The number of fused-ring (bicyclic) bond motifs is 1. The van der Waals surface area contributed by atoms with Gasteiger partial charge in [-0.2, -0.15) is 0 Å². The van der Waals surface area contributed by atoms with E-state index in [1.165, 1.54) is 7.11 Å². The molecule has 3 N–H and O–H groups in total. The number of rotatable bonds is 8. The van der Waals surface area contributed by atoms with E-state index in [0.717, 1.165) is 22.0 Å². The van der Waals surface area contributed by atoms with Crippen LogP contribution in [0.25, 0.3) is 10.9 Å². The smallest absolute Gasteiger partial charge is 0.413 e. The number of amides is 2. The molecule has 0 saturated carbocycles. The molecule has 1 heterocycles. The third-order valence-corrected chi connectivity index (χ3v) is 5.50. The number of para-hydroxylation sites is 2. The van der Waals surface area contributed by atoms with Crippen molar-refractivity contribution in [1.29, 1.82) is 0 Å². The summed E-state index contributed by atoms with van der Waals surface area (Å²) in [5.41, 5.74) is 3.05. The van der Waals surface area contributed by atoms with Gasteiger partial charge in [0.25, 0.3) is 0 Å². The topological polar surface area (TPSA) is 110 Å². The molecule has 8 heteroatoms. The van der Waals surface area contributed by atoms with E-state index in [4.69, 9.17) is 9.47 Å². The van der Waals surface area contributed by atoms with Gasteiger partial charge in [-0.25, -0.2) is 9.59 Å². The summed E-state index contributed by atoms with van der Waals surface area (Å²) in [6.45, 7) is 0.222. The highest BCUT2D eigenvalue weighted by Crippen LogP contribution is 2.19. The van der Waals surface area contributed by atoms with Crippen LogP contribution in [0, 0.1) is 0 Å². The second kappa shape index (κ2) is 11.0. The number of aromatic nitrogens is 1. The molecule has 0 fully saturated rings. The molecule has 0 saturated heterocycles. The van der Waals surface area contributed by atoms with Gasteiger partial charge in [-0.15, -0.1) is 0 Å². The van der Waals surface area contributed by atoms with Crippen LogP contribution < -0.4 is 15.4 Å². The standard InChI is InChI=1S/C27H25N3O5/c1-34-26(32)19-13-11-18(12-14-19)16-29-25(31)24(30-27(33)35-21-7-3-2-4-8-21)15-20-17-28-23-10-6-5-9-22(20)23/h2-14,17,24,28H,15-16H2,1H3,(H,29,31)(H,30,33)/t24-/m1/s1. The Labute approximate surface area is 202 Å². The maximum atomic E-state index is 13.1. The molecule has 0 aliphatic heterocycles. The number of hydrogen-bond acceptors (Lipinski definition) is 5. The molecule has 1 aromatic heterocycles. The number of benzene rings is 3. The fourth-order valence-corrected chi connectivity index (χ4v) is 3.69. The third-order valence-electron chi connectivity index (χ3n) is 5.50. The van der Waals surface area contributed by atoms with Crippen LogP contribution in [0.3, 0.4) is 0 Å². The summed E-state index contributed by atoms with van der Waals surface area (Å²) in [4.78, 5) is 40.5. The summed E-state index contributed by atoms with van der Waals surface area (Å²) in [7, 11) is 1.32. The molecule has 0 bridgehead atoms. The number of carbonyl (C=O) groups excluding carboxylic acids is 3. The van der Waals surface area contributed by atoms with E-state index in [0.29, 0.717) is 11.3 Å². The van der Waals surface area contributed by atoms with Crippen molar-refractivity contribution in [3.8, 4) is 5.75 Å². The molecular formula is C27H25N3O5. The van der Waals surface area contributed by atoms with E-state index < -0.39 is 18.1 Å². The molecule has 3 aromatic carbocycles. The zero-order chi connectivity index (χ0) is 24.6. The zero-order valence-corrected chi connectivity index (χ0v) is 19.1. The second-order valence-corrected chi connectivity index (χ2v) is 7.87. The molecule has 0 aliphatic rings. The highest BCUT2D eigenvalue weighted by molar-refractivity contribution is 5.90. The van der Waals surface area contributed by atoms with Crippen molar-refractivity contribution in [2.45, 2.75) is 19.0 Å². The van der Waals surface area contributed by atoms with Gasteiger partial charge in [0, 0.05) is 30.1 Å². The van der Waals surface area contributed by atoms with Gasteiger partial charge in [0.15, 0.2) is 0 Å². The van der Waals surface area contributed by atoms with Gasteiger partial charge < -0.3 is 25.1 Å². The molecular weight excluding hydrogens is 446 g/mol. The fourth-order valence-electron chi connectivity index (χ4n) is 3.69. The van der Waals surface area contributed by atoms with Crippen LogP contribution in [-0.4, -0.2) is 36.1 Å². The van der Waals surface area contributed by atoms with Crippen LogP contribution in [-0.2, 0) is 22.5 Å². The van der Waals surface area contributed by atoms with Crippen LogP contribution in [0.5, 0.6) is 5.75 Å². The largest absolute Gasteiger partial charge is 0.465 e. The Balaban J connectivity index is 1.46. The van der Waals surface area contributed by atoms with E-state index in [-0.39, 0.29) is 18.9 Å². The Morgan fingerprint density at radius 1 is 0.914 bits per heavy atom. The molecule has 0 unspecified atom stereocenters. The lowest BCUT2D eigenvalue weighted by Gasteiger charge is -2.18. The molecule has 4 rings (SSSR count). The molecule has 8 nitrogen and oxygen atoms in total. The van der Waals surface area contributed by atoms with E-state index >= 15 is 0 Å². The Morgan fingerprint density at radius 2 is 1.63 bits per heavy atom. The van der Waals surface area contributed by atoms with Gasteiger partial charge >= 0.3 is 12.1 Å². The highest BCUT2D eigenvalue weighted by Gasteiger charge is 2.23. The Bertz CT molecular complexity index is 1320. The number of nitrogens with one attached hydrogen (secondary N) is 3. The van der Waals surface area contributed by atoms with Crippen LogP contribution in [0.15, 0.2) is 85.1 Å². The van der Waals surface area contributed by atoms with Gasteiger partial charge in [-0.1, -0.05) is 48.5 Å². The number of carbonyl (C=O) groups is 3. The van der Waals surface area contributed by atoms with Crippen LogP contribution >= 0.6 is 0 Å². The second-order valence-electron chi connectivity index (χ2n) is 7.87. The summed E-state index contributed by atoms with van der Waals surface area (Å²) < 4.78 is 10.0. The first-order chi connectivity index (χ1) is 17.0. The van der Waals surface area contributed by atoms with Crippen molar-refractivity contribution in [2.24, 2.45) is 0 Å². The number of hydrogen-bond donors (Lipinski definition) is 3. The first kappa shape index (κ1) is 23.6. The molecule has 0 aliphatic carbocycles. The molecule has 35 heavy (non-hydrogen) atoms. The molecule has 2 amide bonds. The predicted octanol–water partition coefficient (Wildman–Crippen LogP) is 3.97. The quantitative estimate of drug-likeness (QED) is 0.337. The zero-order valence-electron chi connectivity index (χ0n) is 19.1. The monoisotopic (exact) mass is 471 g/mol. The van der Waals surface area contributed by atoms with Gasteiger partial charge in [0.1, 0.15) is 11.8 Å². The molecule has 1 atom stereocenters.